The Morgan fingerprint density at radius 3 is 2.85 bits per heavy atom. The number of nitrogens with zero attached hydrogens (tertiary/aromatic N) is 5. The van der Waals surface area contributed by atoms with Crippen LogP contribution in [0.4, 0.5) is 11.6 Å². The fraction of sp³-hybridized carbons (Fsp3) is 0.360. The minimum atomic E-state index is -0.428. The van der Waals surface area contributed by atoms with E-state index in [0.29, 0.717) is 16.5 Å². The number of fused-ring (bicyclic) bond motifs is 2. The summed E-state index contributed by atoms with van der Waals surface area (Å²) in [6.45, 7) is 1.82. The van der Waals surface area contributed by atoms with Crippen molar-refractivity contribution in [3.63, 3.8) is 0 Å². The normalized spacial score (nSPS) is 18.9. The highest BCUT2D eigenvalue weighted by molar-refractivity contribution is 7.21. The van der Waals surface area contributed by atoms with Gasteiger partial charge < -0.3 is 10.8 Å². The summed E-state index contributed by atoms with van der Waals surface area (Å²) in [6.07, 6.45) is 8.03. The van der Waals surface area contributed by atoms with Crippen molar-refractivity contribution >= 4 is 39.0 Å². The molecule has 0 saturated carbocycles. The summed E-state index contributed by atoms with van der Waals surface area (Å²) >= 11 is 1.30. The Hall–Kier alpha value is -3.46. The molecule has 1 saturated heterocycles. The molecule has 9 heteroatoms. The maximum Gasteiger partial charge on any atom is 0.324 e. The number of aryl methyl sites for hydroxylation is 1. The molecule has 1 aliphatic heterocycles. The van der Waals surface area contributed by atoms with Crippen molar-refractivity contribution < 1.29 is 14.4 Å². The number of nitrogen functional groups attached to an aromatic ring is 1. The van der Waals surface area contributed by atoms with Crippen LogP contribution in [0, 0.1) is 0 Å². The molecule has 4 aromatic rings. The Morgan fingerprint density at radius 2 is 2.03 bits per heavy atom. The molecule has 6 rings (SSSR count). The number of piperidine rings is 1. The fourth-order valence-electron chi connectivity index (χ4n) is 5.00. The first-order valence-electron chi connectivity index (χ1n) is 11.8. The second-order valence-corrected chi connectivity index (χ2v) is 10.0. The van der Waals surface area contributed by atoms with Crippen LogP contribution in [0.15, 0.2) is 52.1 Å². The third-order valence-corrected chi connectivity index (χ3v) is 7.93. The van der Waals surface area contributed by atoms with Crippen LogP contribution in [-0.4, -0.2) is 29.2 Å². The van der Waals surface area contributed by atoms with Crippen molar-refractivity contribution in [1.82, 2.24) is 10.3 Å². The summed E-state index contributed by atoms with van der Waals surface area (Å²) in [5, 5.41) is 19.9. The number of hydrogen-bond donors (Lipinski definition) is 1. The maximum atomic E-state index is 13.0. The van der Waals surface area contributed by atoms with E-state index in [1.54, 1.807) is 11.0 Å². The van der Waals surface area contributed by atoms with Gasteiger partial charge in [-0.2, -0.15) is 5.01 Å². The van der Waals surface area contributed by atoms with E-state index in [-0.39, 0.29) is 5.88 Å². The van der Waals surface area contributed by atoms with Crippen LogP contribution in [0.25, 0.3) is 10.2 Å². The van der Waals surface area contributed by atoms with Crippen LogP contribution >= 0.6 is 11.3 Å². The van der Waals surface area contributed by atoms with Gasteiger partial charge in [0.05, 0.1) is 28.4 Å². The molecule has 3 aromatic heterocycles. The lowest BCUT2D eigenvalue weighted by molar-refractivity contribution is -0.759. The minimum Gasteiger partial charge on any atom is -0.857 e. The van der Waals surface area contributed by atoms with Crippen molar-refractivity contribution in [2.75, 3.05) is 23.8 Å². The molecule has 4 heterocycles. The van der Waals surface area contributed by atoms with E-state index in [9.17, 15) is 5.11 Å². The van der Waals surface area contributed by atoms with Gasteiger partial charge in [0.15, 0.2) is 0 Å². The second kappa shape index (κ2) is 8.72. The molecule has 0 amide bonds. The van der Waals surface area contributed by atoms with Crippen molar-refractivity contribution in [3.05, 3.63) is 64.3 Å². The van der Waals surface area contributed by atoms with E-state index in [1.165, 1.54) is 28.9 Å². The third-order valence-electron chi connectivity index (χ3n) is 6.83. The van der Waals surface area contributed by atoms with Gasteiger partial charge in [0.2, 0.25) is 5.27 Å². The number of thiophene rings is 1. The Morgan fingerprint density at radius 1 is 1.21 bits per heavy atom. The smallest absolute Gasteiger partial charge is 0.324 e. The highest BCUT2D eigenvalue weighted by Crippen LogP contribution is 2.38. The van der Waals surface area contributed by atoms with Gasteiger partial charge in [0.1, 0.15) is 4.83 Å². The molecule has 34 heavy (non-hydrogen) atoms. The lowest BCUT2D eigenvalue weighted by atomic mass is 9.82. The van der Waals surface area contributed by atoms with Crippen molar-refractivity contribution in [2.45, 2.75) is 44.4 Å². The zero-order valence-corrected chi connectivity index (χ0v) is 19.6. The first-order chi connectivity index (χ1) is 16.7. The Balaban J connectivity index is 1.28. The summed E-state index contributed by atoms with van der Waals surface area (Å²) in [5.74, 6) is 0.218. The number of anilines is 1. The lowest BCUT2D eigenvalue weighted by Gasteiger charge is -2.24. The van der Waals surface area contributed by atoms with Gasteiger partial charge in [-0.1, -0.05) is 30.3 Å². The summed E-state index contributed by atoms with van der Waals surface area (Å²) in [6, 6.07) is 12.7. The first-order valence-corrected chi connectivity index (χ1v) is 12.6. The standard InChI is InChI=1S/C25H26N6O2S/c26-22-19-14-18-13-17(16-7-3-1-4-8-16)9-10-20(18)27-25(19)34-23(22)24(32)28-21-15-31(29-33-21)30-11-5-2-6-12-30/h1,3-4,7-8,14-15,17H,2,5-6,9-13H2,(H2-,26,28,29,32). The van der Waals surface area contributed by atoms with E-state index < -0.39 is 5.90 Å². The summed E-state index contributed by atoms with van der Waals surface area (Å²) < 4.78 is 5.29. The summed E-state index contributed by atoms with van der Waals surface area (Å²) in [4.78, 5) is 11.8. The van der Waals surface area contributed by atoms with Crippen molar-refractivity contribution in [2.24, 2.45) is 4.99 Å². The molecule has 1 unspecified atom stereocenters. The molecule has 1 fully saturated rings. The van der Waals surface area contributed by atoms with Crippen molar-refractivity contribution in [3.8, 4) is 0 Å². The van der Waals surface area contributed by atoms with Gasteiger partial charge in [-0.3, -0.25) is 4.52 Å². The number of aromatic nitrogens is 3. The van der Waals surface area contributed by atoms with Gasteiger partial charge in [-0.25, -0.2) is 9.98 Å². The number of aliphatic imine (C=N–C) groups is 1. The van der Waals surface area contributed by atoms with Crippen LogP contribution in [0.5, 0.6) is 0 Å². The highest BCUT2D eigenvalue weighted by atomic mass is 32.1. The molecule has 1 aliphatic carbocycles. The van der Waals surface area contributed by atoms with Crippen LogP contribution in [0.3, 0.4) is 0 Å². The second-order valence-electron chi connectivity index (χ2n) is 9.03. The predicted octanol–water partition coefficient (Wildman–Crippen LogP) is 2.99. The Kier molecular flexibility index (Phi) is 5.41. The number of nitrogens with two attached hydrogens (primary N) is 1. The predicted molar refractivity (Wildman–Crippen MR) is 130 cm³/mol. The van der Waals surface area contributed by atoms with Gasteiger partial charge >= 0.3 is 5.88 Å². The molecular weight excluding hydrogens is 448 g/mol. The molecule has 1 atom stereocenters. The average Bonchev–Trinajstić information content (AvgIpc) is 3.48. The SMILES string of the molecule is Nc1c(/C([O-])=N/c2c[n+](N3CCCCC3)no2)sc2nc3c(cc12)CC(c1ccccc1)CC3. The van der Waals surface area contributed by atoms with Gasteiger partial charge in [-0.05, 0) is 61.6 Å². The largest absolute Gasteiger partial charge is 0.857 e. The van der Waals surface area contributed by atoms with E-state index in [4.69, 9.17) is 15.2 Å². The van der Waals surface area contributed by atoms with Gasteiger partial charge in [0, 0.05) is 17.0 Å². The van der Waals surface area contributed by atoms with E-state index in [1.807, 2.05) is 6.07 Å². The molecule has 1 aromatic carbocycles. The third kappa shape index (κ3) is 3.90. The molecule has 0 bridgehead atoms. The van der Waals surface area contributed by atoms with Gasteiger partial charge in [0.25, 0.3) is 6.20 Å². The van der Waals surface area contributed by atoms with Crippen LogP contribution in [0.2, 0.25) is 0 Å². The van der Waals surface area contributed by atoms with Crippen LogP contribution in [-0.2, 0) is 12.8 Å². The highest BCUT2D eigenvalue weighted by Gasteiger charge is 2.24. The monoisotopic (exact) mass is 474 g/mol. The van der Waals surface area contributed by atoms with E-state index >= 15 is 0 Å². The lowest BCUT2D eigenvalue weighted by Crippen LogP contribution is -2.60. The molecule has 174 valence electrons. The molecule has 2 aliphatic rings. The number of benzene rings is 1. The van der Waals surface area contributed by atoms with Crippen molar-refractivity contribution in [1.29, 1.82) is 0 Å². The number of rotatable bonds is 4. The van der Waals surface area contributed by atoms with E-state index in [2.05, 4.69) is 45.6 Å². The minimum absolute atomic E-state index is 0.172. The number of pyridine rings is 1. The molecule has 0 spiro atoms. The fourth-order valence-corrected chi connectivity index (χ4v) is 5.98. The average molecular weight is 475 g/mol. The van der Waals surface area contributed by atoms with Gasteiger partial charge in [-0.15, -0.1) is 11.3 Å². The quantitative estimate of drug-likeness (QED) is 0.277. The topological polar surface area (TPSA) is 107 Å². The summed E-state index contributed by atoms with van der Waals surface area (Å²) in [5.41, 5.74) is 10.5. The molecule has 8 nitrogen and oxygen atoms in total. The molecular formula is C25H26N6O2S. The zero-order chi connectivity index (χ0) is 23.1. The number of hydrogen-bond acceptors (Lipinski definition) is 8. The summed E-state index contributed by atoms with van der Waals surface area (Å²) in [7, 11) is 0. The molecule has 2 N–H and O–H groups in total. The van der Waals surface area contributed by atoms with Crippen LogP contribution < -0.4 is 20.6 Å². The Bertz CT molecular complexity index is 1360. The van der Waals surface area contributed by atoms with Crippen LogP contribution in [0.1, 0.15) is 53.3 Å². The zero-order valence-electron chi connectivity index (χ0n) is 18.8. The Labute approximate surface area is 201 Å². The molecule has 0 radical (unpaired) electrons. The van der Waals surface area contributed by atoms with E-state index in [0.717, 1.165) is 61.1 Å². The maximum absolute atomic E-state index is 13.0. The first kappa shape index (κ1) is 21.1.